The summed E-state index contributed by atoms with van der Waals surface area (Å²) in [4.78, 5) is 28.9. The highest BCUT2D eigenvalue weighted by atomic mass is 32.1. The Morgan fingerprint density at radius 2 is 1.86 bits per heavy atom. The van der Waals surface area contributed by atoms with Gasteiger partial charge < -0.3 is 19.7 Å². The molecule has 0 fully saturated rings. The first kappa shape index (κ1) is 19.4. The van der Waals surface area contributed by atoms with Crippen LogP contribution in [0.3, 0.4) is 0 Å². The van der Waals surface area contributed by atoms with Crippen LogP contribution in [0, 0.1) is 0 Å². The number of nitrogens with one attached hydrogen (secondary N) is 1. The molecule has 0 spiro atoms. The third-order valence-electron chi connectivity index (χ3n) is 5.18. The Balaban J connectivity index is 1.74. The molecular formula is C22H22N2O4S. The van der Waals surface area contributed by atoms with Crippen LogP contribution in [0.2, 0.25) is 0 Å². The van der Waals surface area contributed by atoms with Gasteiger partial charge in [-0.2, -0.15) is 0 Å². The summed E-state index contributed by atoms with van der Waals surface area (Å²) in [7, 11) is 4.94. The second-order valence-corrected chi connectivity index (χ2v) is 8.15. The second kappa shape index (κ2) is 7.85. The number of esters is 1. The van der Waals surface area contributed by atoms with E-state index in [1.54, 1.807) is 7.11 Å². The van der Waals surface area contributed by atoms with Gasteiger partial charge in [-0.1, -0.05) is 24.3 Å². The van der Waals surface area contributed by atoms with Gasteiger partial charge >= 0.3 is 5.97 Å². The minimum absolute atomic E-state index is 0.315. The van der Waals surface area contributed by atoms with E-state index in [-0.39, 0.29) is 5.91 Å². The molecule has 0 bridgehead atoms. The van der Waals surface area contributed by atoms with Gasteiger partial charge in [0.1, 0.15) is 10.8 Å². The first-order valence-corrected chi connectivity index (χ1v) is 10.1. The molecule has 0 unspecified atom stereocenters. The lowest BCUT2D eigenvalue weighted by Crippen LogP contribution is -2.26. The summed E-state index contributed by atoms with van der Waals surface area (Å²) in [5, 5.41) is 5.39. The monoisotopic (exact) mass is 410 g/mol. The number of anilines is 1. The predicted molar refractivity (Wildman–Crippen MR) is 114 cm³/mol. The van der Waals surface area contributed by atoms with Crippen LogP contribution in [0.4, 0.5) is 5.00 Å². The molecule has 2 heterocycles. The molecule has 29 heavy (non-hydrogen) atoms. The van der Waals surface area contributed by atoms with Crippen molar-refractivity contribution >= 4 is 39.0 Å². The number of rotatable bonds is 4. The fourth-order valence-electron chi connectivity index (χ4n) is 3.67. The summed E-state index contributed by atoms with van der Waals surface area (Å²) < 4.78 is 10.4. The van der Waals surface area contributed by atoms with Gasteiger partial charge in [0.25, 0.3) is 5.91 Å². The lowest BCUT2D eigenvalue weighted by molar-refractivity contribution is 0.0600. The zero-order valence-corrected chi connectivity index (χ0v) is 17.4. The summed E-state index contributed by atoms with van der Waals surface area (Å²) in [6, 6.07) is 11.4. The Hall–Kier alpha value is -2.90. The van der Waals surface area contributed by atoms with Crippen molar-refractivity contribution in [1.29, 1.82) is 0 Å². The fraction of sp³-hybridized carbons (Fsp3) is 0.273. The Morgan fingerprint density at radius 3 is 2.55 bits per heavy atom. The molecule has 150 valence electrons. The Morgan fingerprint density at radius 1 is 1.14 bits per heavy atom. The van der Waals surface area contributed by atoms with E-state index in [0.717, 1.165) is 40.7 Å². The molecule has 0 atom stereocenters. The maximum Gasteiger partial charge on any atom is 0.341 e. The van der Waals surface area contributed by atoms with Crippen LogP contribution < -0.4 is 10.1 Å². The van der Waals surface area contributed by atoms with E-state index >= 15 is 0 Å². The quantitative estimate of drug-likeness (QED) is 0.660. The molecular weight excluding hydrogens is 388 g/mol. The first-order valence-electron chi connectivity index (χ1n) is 9.31. The van der Waals surface area contributed by atoms with Crippen molar-refractivity contribution in [2.24, 2.45) is 0 Å². The topological polar surface area (TPSA) is 67.9 Å². The van der Waals surface area contributed by atoms with Crippen molar-refractivity contribution in [2.75, 3.05) is 33.1 Å². The van der Waals surface area contributed by atoms with Gasteiger partial charge in [0.2, 0.25) is 0 Å². The number of methoxy groups -OCH3 is 2. The van der Waals surface area contributed by atoms with Crippen molar-refractivity contribution in [3.63, 3.8) is 0 Å². The SMILES string of the molecule is COC(=O)c1c(NC(=O)c2cc3ccccc3cc2OC)sc2c1CCN(C)C2. The molecule has 2 aromatic carbocycles. The standard InChI is InChI=1S/C22H22N2O4S/c1-24-9-8-15-18(12-24)29-21(19(15)22(26)28-3)23-20(25)16-10-13-6-4-5-7-14(13)11-17(16)27-2/h4-7,10-11H,8-9,12H2,1-3H3,(H,23,25). The minimum atomic E-state index is -0.423. The zero-order chi connectivity index (χ0) is 20.5. The normalized spacial score (nSPS) is 13.8. The van der Waals surface area contributed by atoms with Gasteiger partial charge in [0.15, 0.2) is 0 Å². The number of amides is 1. The van der Waals surface area contributed by atoms with Crippen molar-refractivity contribution in [3.8, 4) is 5.75 Å². The zero-order valence-electron chi connectivity index (χ0n) is 16.6. The van der Waals surface area contributed by atoms with E-state index in [1.807, 2.05) is 43.4 Å². The van der Waals surface area contributed by atoms with Gasteiger partial charge in [-0.05, 0) is 41.9 Å². The molecule has 1 N–H and O–H groups in total. The minimum Gasteiger partial charge on any atom is -0.496 e. The van der Waals surface area contributed by atoms with E-state index in [9.17, 15) is 9.59 Å². The first-order chi connectivity index (χ1) is 14.0. The van der Waals surface area contributed by atoms with Gasteiger partial charge in [-0.15, -0.1) is 11.3 Å². The molecule has 0 saturated carbocycles. The molecule has 1 aliphatic heterocycles. The summed E-state index contributed by atoms with van der Waals surface area (Å²) in [6.45, 7) is 1.61. The smallest absolute Gasteiger partial charge is 0.341 e. The van der Waals surface area contributed by atoms with Crippen LogP contribution in [0.15, 0.2) is 36.4 Å². The lowest BCUT2D eigenvalue weighted by Gasteiger charge is -2.22. The number of carbonyl (C=O) groups excluding carboxylic acids is 2. The molecule has 0 saturated heterocycles. The molecule has 3 aromatic rings. The molecule has 7 heteroatoms. The number of hydrogen-bond acceptors (Lipinski definition) is 6. The maximum atomic E-state index is 13.1. The predicted octanol–water partition coefficient (Wildman–Crippen LogP) is 3.94. The van der Waals surface area contributed by atoms with Crippen molar-refractivity contribution in [1.82, 2.24) is 4.90 Å². The fourth-order valence-corrected chi connectivity index (χ4v) is 4.98. The van der Waals surface area contributed by atoms with Crippen LogP contribution in [0.25, 0.3) is 10.8 Å². The highest BCUT2D eigenvalue weighted by Gasteiger charge is 2.29. The second-order valence-electron chi connectivity index (χ2n) is 7.04. The molecule has 0 aliphatic carbocycles. The van der Waals surface area contributed by atoms with Crippen molar-refractivity contribution in [3.05, 3.63) is 58.0 Å². The summed E-state index contributed by atoms with van der Waals surface area (Å²) in [5.74, 6) is -0.251. The molecule has 1 aliphatic rings. The molecule has 0 radical (unpaired) electrons. The summed E-state index contributed by atoms with van der Waals surface area (Å²) in [5.41, 5.74) is 1.86. The number of benzene rings is 2. The number of fused-ring (bicyclic) bond motifs is 2. The Kier molecular flexibility index (Phi) is 5.25. The van der Waals surface area contributed by atoms with Crippen molar-refractivity contribution < 1.29 is 19.1 Å². The van der Waals surface area contributed by atoms with Crippen LogP contribution in [-0.2, 0) is 17.7 Å². The van der Waals surface area contributed by atoms with Gasteiger partial charge in [0.05, 0.1) is 25.3 Å². The summed E-state index contributed by atoms with van der Waals surface area (Å²) in [6.07, 6.45) is 0.752. The van der Waals surface area contributed by atoms with E-state index < -0.39 is 5.97 Å². The van der Waals surface area contributed by atoms with Crippen LogP contribution >= 0.6 is 11.3 Å². The average Bonchev–Trinajstić information content (AvgIpc) is 3.08. The van der Waals surface area contributed by atoms with E-state index in [4.69, 9.17) is 9.47 Å². The number of carbonyl (C=O) groups is 2. The Labute approximate surface area is 173 Å². The molecule has 6 nitrogen and oxygen atoms in total. The van der Waals surface area contributed by atoms with Gasteiger partial charge in [0, 0.05) is 18.0 Å². The Bertz CT molecular complexity index is 1110. The van der Waals surface area contributed by atoms with Gasteiger partial charge in [-0.3, -0.25) is 4.79 Å². The van der Waals surface area contributed by atoms with Crippen LogP contribution in [-0.4, -0.2) is 44.6 Å². The molecule has 4 rings (SSSR count). The lowest BCUT2D eigenvalue weighted by atomic mass is 10.0. The number of likely N-dealkylation sites (N-methyl/N-ethyl adjacent to an activating group) is 1. The van der Waals surface area contributed by atoms with Crippen LogP contribution in [0.5, 0.6) is 5.75 Å². The van der Waals surface area contributed by atoms with E-state index in [1.165, 1.54) is 18.4 Å². The maximum absolute atomic E-state index is 13.1. The number of thiophene rings is 1. The van der Waals surface area contributed by atoms with E-state index in [0.29, 0.717) is 21.9 Å². The highest BCUT2D eigenvalue weighted by Crippen LogP contribution is 2.38. The van der Waals surface area contributed by atoms with Crippen LogP contribution in [0.1, 0.15) is 31.2 Å². The third kappa shape index (κ3) is 3.59. The highest BCUT2D eigenvalue weighted by molar-refractivity contribution is 7.17. The number of ether oxygens (including phenoxy) is 2. The average molecular weight is 410 g/mol. The number of nitrogens with zero attached hydrogens (tertiary/aromatic N) is 1. The van der Waals surface area contributed by atoms with Crippen molar-refractivity contribution in [2.45, 2.75) is 13.0 Å². The summed E-state index contributed by atoms with van der Waals surface area (Å²) >= 11 is 1.43. The molecule has 1 amide bonds. The van der Waals surface area contributed by atoms with E-state index in [2.05, 4.69) is 10.2 Å². The number of hydrogen-bond donors (Lipinski definition) is 1. The largest absolute Gasteiger partial charge is 0.496 e. The molecule has 1 aromatic heterocycles. The van der Waals surface area contributed by atoms with Gasteiger partial charge in [-0.25, -0.2) is 4.79 Å². The third-order valence-corrected chi connectivity index (χ3v) is 6.31.